The fourth-order valence-electron chi connectivity index (χ4n) is 2.08. The van der Waals surface area contributed by atoms with Crippen LogP contribution in [0.2, 0.25) is 0 Å². The molecule has 0 spiro atoms. The number of hydrogen-bond donors (Lipinski definition) is 3. The van der Waals surface area contributed by atoms with E-state index >= 15 is 0 Å². The van der Waals surface area contributed by atoms with E-state index in [-0.39, 0.29) is 24.0 Å². The first kappa shape index (κ1) is 23.5. The Hall–Kier alpha value is -1.56. The van der Waals surface area contributed by atoms with Crippen molar-refractivity contribution in [3.63, 3.8) is 0 Å². The van der Waals surface area contributed by atoms with Crippen molar-refractivity contribution in [3.8, 4) is 0 Å². The number of nitrogens with one attached hydrogen (secondary N) is 3. The molecule has 5 nitrogen and oxygen atoms in total. The number of alkyl halides is 3. The summed E-state index contributed by atoms with van der Waals surface area (Å²) in [5.41, 5.74) is -0.748. The van der Waals surface area contributed by atoms with E-state index in [0.717, 1.165) is 31.2 Å². The predicted molar refractivity (Wildman–Crippen MR) is 115 cm³/mol. The highest BCUT2D eigenvalue weighted by Crippen LogP contribution is 2.28. The van der Waals surface area contributed by atoms with Gasteiger partial charge in [0.1, 0.15) is 5.82 Å². The quantitative estimate of drug-likeness (QED) is 0.213. The fourth-order valence-corrected chi connectivity index (χ4v) is 2.71. The summed E-state index contributed by atoms with van der Waals surface area (Å²) in [6.07, 6.45) is -2.76. The highest BCUT2D eigenvalue weighted by molar-refractivity contribution is 14.0. The Morgan fingerprint density at radius 3 is 2.59 bits per heavy atom. The Bertz CT molecular complexity index is 675. The number of nitrogens with zero attached hydrogens (tertiary/aromatic N) is 2. The molecule has 2 rings (SSSR count). The van der Waals surface area contributed by atoms with Crippen LogP contribution in [0.15, 0.2) is 40.8 Å². The lowest BCUT2D eigenvalue weighted by Crippen LogP contribution is -2.38. The minimum absolute atomic E-state index is 0. The van der Waals surface area contributed by atoms with Crippen LogP contribution in [0.1, 0.15) is 23.8 Å². The van der Waals surface area contributed by atoms with Gasteiger partial charge in [-0.3, -0.25) is 0 Å². The number of pyridine rings is 1. The molecule has 0 bridgehead atoms. The smallest absolute Gasteiger partial charge is 0.370 e. The Morgan fingerprint density at radius 1 is 1.19 bits per heavy atom. The molecule has 0 aliphatic heterocycles. The van der Waals surface area contributed by atoms with E-state index in [1.165, 1.54) is 10.9 Å². The SMILES string of the molecule is CCNC(=NCc1cccs1)NCCCNc1ccc(C(F)(F)F)cn1.I. The number of hydrogen-bond acceptors (Lipinski definition) is 4. The number of aliphatic imine (C=N–C) groups is 1. The number of halogens is 4. The standard InChI is InChI=1S/C17H22F3N5S.HI/c1-2-21-16(25-12-14-5-3-10-26-14)23-9-4-8-22-15-7-6-13(11-24-15)17(18,19)20;/h3,5-7,10-11H,2,4,8-9,12H2,1H3,(H,22,24)(H2,21,23,25);1H. The van der Waals surface area contributed by atoms with Gasteiger partial charge in [0.05, 0.1) is 12.1 Å². The lowest BCUT2D eigenvalue weighted by atomic mass is 10.3. The second kappa shape index (κ2) is 12.0. The van der Waals surface area contributed by atoms with Crippen molar-refractivity contribution in [1.82, 2.24) is 15.6 Å². The molecule has 0 atom stereocenters. The van der Waals surface area contributed by atoms with Gasteiger partial charge in [-0.2, -0.15) is 13.2 Å². The lowest BCUT2D eigenvalue weighted by molar-refractivity contribution is -0.137. The van der Waals surface area contributed by atoms with Crippen molar-refractivity contribution >= 4 is 47.1 Å². The summed E-state index contributed by atoms with van der Waals surface area (Å²) >= 11 is 1.67. The largest absolute Gasteiger partial charge is 0.417 e. The predicted octanol–water partition coefficient (Wildman–Crippen LogP) is 4.34. The van der Waals surface area contributed by atoms with Gasteiger partial charge in [0.2, 0.25) is 0 Å². The number of rotatable bonds is 8. The molecule has 0 saturated carbocycles. The van der Waals surface area contributed by atoms with Crippen molar-refractivity contribution < 1.29 is 13.2 Å². The van der Waals surface area contributed by atoms with Crippen LogP contribution < -0.4 is 16.0 Å². The summed E-state index contributed by atoms with van der Waals surface area (Å²) in [4.78, 5) is 9.48. The summed E-state index contributed by atoms with van der Waals surface area (Å²) in [7, 11) is 0. The number of anilines is 1. The molecular weight excluding hydrogens is 490 g/mol. The first-order valence-electron chi connectivity index (χ1n) is 8.30. The van der Waals surface area contributed by atoms with Crippen LogP contribution in [0.4, 0.5) is 19.0 Å². The molecule has 150 valence electrons. The highest BCUT2D eigenvalue weighted by Gasteiger charge is 2.30. The maximum atomic E-state index is 12.5. The van der Waals surface area contributed by atoms with E-state index in [9.17, 15) is 13.2 Å². The van der Waals surface area contributed by atoms with Crippen molar-refractivity contribution in [2.75, 3.05) is 25.0 Å². The zero-order valence-electron chi connectivity index (χ0n) is 14.8. The molecule has 0 fully saturated rings. The highest BCUT2D eigenvalue weighted by atomic mass is 127. The number of guanidine groups is 1. The molecular formula is C17H23F3IN5S. The third kappa shape index (κ3) is 8.78. The Balaban J connectivity index is 0.00000364. The van der Waals surface area contributed by atoms with Gasteiger partial charge in [0.25, 0.3) is 0 Å². The van der Waals surface area contributed by atoms with Crippen LogP contribution in [0.3, 0.4) is 0 Å². The van der Waals surface area contributed by atoms with E-state index in [4.69, 9.17) is 0 Å². The van der Waals surface area contributed by atoms with E-state index in [1.54, 1.807) is 11.3 Å². The molecule has 27 heavy (non-hydrogen) atoms. The summed E-state index contributed by atoms with van der Waals surface area (Å²) in [6, 6.07) is 6.40. The molecule has 0 unspecified atom stereocenters. The topological polar surface area (TPSA) is 61.3 Å². The molecule has 2 aromatic rings. The maximum Gasteiger partial charge on any atom is 0.417 e. The normalized spacial score (nSPS) is 11.6. The minimum atomic E-state index is -4.36. The first-order valence-corrected chi connectivity index (χ1v) is 9.18. The average molecular weight is 513 g/mol. The van der Waals surface area contributed by atoms with Crippen LogP contribution >= 0.6 is 35.3 Å². The average Bonchev–Trinajstić information content (AvgIpc) is 3.12. The molecule has 0 aromatic carbocycles. The molecule has 2 aromatic heterocycles. The van der Waals surface area contributed by atoms with Gasteiger partial charge in [-0.1, -0.05) is 6.07 Å². The van der Waals surface area contributed by atoms with Gasteiger partial charge in [0.15, 0.2) is 5.96 Å². The molecule has 10 heteroatoms. The summed E-state index contributed by atoms with van der Waals surface area (Å²) in [5.74, 6) is 1.17. The molecule has 0 aliphatic carbocycles. The van der Waals surface area contributed by atoms with Crippen LogP contribution in [-0.2, 0) is 12.7 Å². The third-order valence-corrected chi connectivity index (χ3v) is 4.22. The number of thiophene rings is 1. The first-order chi connectivity index (χ1) is 12.5. The van der Waals surface area contributed by atoms with Crippen LogP contribution in [0, 0.1) is 0 Å². The third-order valence-electron chi connectivity index (χ3n) is 3.36. The maximum absolute atomic E-state index is 12.5. The zero-order valence-corrected chi connectivity index (χ0v) is 18.0. The van der Waals surface area contributed by atoms with E-state index in [0.29, 0.717) is 25.5 Å². The molecule has 0 aliphatic rings. The van der Waals surface area contributed by atoms with Gasteiger partial charge in [0, 0.05) is 30.7 Å². The monoisotopic (exact) mass is 513 g/mol. The zero-order chi connectivity index (χ0) is 18.8. The number of aromatic nitrogens is 1. The molecule has 0 radical (unpaired) electrons. The Morgan fingerprint density at radius 2 is 2.00 bits per heavy atom. The van der Waals surface area contributed by atoms with E-state index in [1.807, 2.05) is 24.4 Å². The second-order valence-corrected chi connectivity index (χ2v) is 6.44. The van der Waals surface area contributed by atoms with E-state index in [2.05, 4.69) is 25.9 Å². The summed E-state index contributed by atoms with van der Waals surface area (Å²) in [5, 5.41) is 11.4. The van der Waals surface area contributed by atoms with Crippen molar-refractivity contribution in [3.05, 3.63) is 46.3 Å². The lowest BCUT2D eigenvalue weighted by Gasteiger charge is -2.12. The van der Waals surface area contributed by atoms with Crippen LogP contribution in [-0.4, -0.2) is 30.6 Å². The van der Waals surface area contributed by atoms with Gasteiger partial charge in [-0.05, 0) is 36.9 Å². The minimum Gasteiger partial charge on any atom is -0.370 e. The van der Waals surface area contributed by atoms with Gasteiger partial charge < -0.3 is 16.0 Å². The Kier molecular flexibility index (Phi) is 10.4. The summed E-state index contributed by atoms with van der Waals surface area (Å²) in [6.45, 7) is 4.67. The van der Waals surface area contributed by atoms with Gasteiger partial charge >= 0.3 is 6.18 Å². The van der Waals surface area contributed by atoms with E-state index < -0.39 is 11.7 Å². The van der Waals surface area contributed by atoms with Crippen molar-refractivity contribution in [2.24, 2.45) is 4.99 Å². The van der Waals surface area contributed by atoms with Crippen LogP contribution in [0.5, 0.6) is 0 Å². The fraction of sp³-hybridized carbons (Fsp3) is 0.412. The molecule has 0 amide bonds. The Labute approximate surface area is 177 Å². The summed E-state index contributed by atoms with van der Waals surface area (Å²) < 4.78 is 37.4. The van der Waals surface area contributed by atoms with Gasteiger partial charge in [-0.25, -0.2) is 9.98 Å². The van der Waals surface area contributed by atoms with Gasteiger partial charge in [-0.15, -0.1) is 35.3 Å². The second-order valence-electron chi connectivity index (χ2n) is 5.41. The van der Waals surface area contributed by atoms with Crippen LogP contribution in [0.25, 0.3) is 0 Å². The van der Waals surface area contributed by atoms with Crippen molar-refractivity contribution in [1.29, 1.82) is 0 Å². The van der Waals surface area contributed by atoms with Crippen molar-refractivity contribution in [2.45, 2.75) is 26.1 Å². The molecule has 3 N–H and O–H groups in total. The molecule has 2 heterocycles. The molecule has 0 saturated heterocycles.